The summed E-state index contributed by atoms with van der Waals surface area (Å²) in [6, 6.07) is 3.83. The molecule has 0 spiro atoms. The molecule has 1 aliphatic rings. The Morgan fingerprint density at radius 3 is 2.85 bits per heavy atom. The van der Waals surface area contributed by atoms with Crippen LogP contribution in [0.1, 0.15) is 15.4 Å². The summed E-state index contributed by atoms with van der Waals surface area (Å²) in [5, 5.41) is 8.26. The number of halogens is 2. The first-order valence-electron chi connectivity index (χ1n) is 8.09. The Labute approximate surface area is 179 Å². The van der Waals surface area contributed by atoms with Gasteiger partial charge in [0.05, 0.1) is 10.0 Å². The highest BCUT2D eigenvalue weighted by atomic mass is 127. The maximum absolute atomic E-state index is 6.27. The van der Waals surface area contributed by atoms with E-state index in [0.29, 0.717) is 36.3 Å². The summed E-state index contributed by atoms with van der Waals surface area (Å²) < 4.78 is 11.1. The Morgan fingerprint density at radius 2 is 2.12 bits per heavy atom. The van der Waals surface area contributed by atoms with E-state index in [1.165, 1.54) is 4.88 Å². The van der Waals surface area contributed by atoms with Gasteiger partial charge in [-0.1, -0.05) is 11.6 Å². The van der Waals surface area contributed by atoms with Gasteiger partial charge in [-0.15, -0.1) is 35.3 Å². The van der Waals surface area contributed by atoms with Crippen LogP contribution < -0.4 is 20.1 Å². The minimum absolute atomic E-state index is 0. The van der Waals surface area contributed by atoms with E-state index in [0.717, 1.165) is 29.5 Å². The van der Waals surface area contributed by atoms with Crippen LogP contribution in [0.4, 0.5) is 0 Å². The first-order chi connectivity index (χ1) is 12.2. The van der Waals surface area contributed by atoms with Gasteiger partial charge in [-0.05, 0) is 24.6 Å². The molecule has 9 heteroatoms. The normalized spacial score (nSPS) is 13.1. The highest BCUT2D eigenvalue weighted by Crippen LogP contribution is 2.38. The number of guanidine groups is 1. The molecular weight excluding hydrogens is 487 g/mol. The first kappa shape index (κ1) is 21.0. The van der Waals surface area contributed by atoms with Crippen molar-refractivity contribution < 1.29 is 9.47 Å². The number of nitrogens with one attached hydrogen (secondary N) is 2. The second kappa shape index (κ2) is 10.2. The molecule has 0 atom stereocenters. The lowest BCUT2D eigenvalue weighted by Gasteiger charge is -2.20. The standard InChI is InChI=1S/C17H21ClN4O2S.HI/c1-11-9-21-15(25-11)3-4-20-17(19-2)22-10-12-7-13(18)16-14(8-12)23-5-6-24-16;/h7-9H,3-6,10H2,1-2H3,(H2,19,20,22);1H. The summed E-state index contributed by atoms with van der Waals surface area (Å²) >= 11 is 7.99. The zero-order chi connectivity index (χ0) is 17.6. The van der Waals surface area contributed by atoms with Gasteiger partial charge >= 0.3 is 0 Å². The number of hydrogen-bond donors (Lipinski definition) is 2. The van der Waals surface area contributed by atoms with Crippen LogP contribution in [0.2, 0.25) is 5.02 Å². The van der Waals surface area contributed by atoms with Gasteiger partial charge in [0.15, 0.2) is 17.5 Å². The summed E-state index contributed by atoms with van der Waals surface area (Å²) in [4.78, 5) is 9.83. The third-order valence-electron chi connectivity index (χ3n) is 3.64. The predicted molar refractivity (Wildman–Crippen MR) is 117 cm³/mol. The molecule has 3 rings (SSSR count). The number of ether oxygens (including phenoxy) is 2. The van der Waals surface area contributed by atoms with Crippen molar-refractivity contribution in [3.63, 3.8) is 0 Å². The van der Waals surface area contributed by atoms with E-state index in [1.54, 1.807) is 18.4 Å². The van der Waals surface area contributed by atoms with Crippen LogP contribution in [0.5, 0.6) is 11.5 Å². The average Bonchev–Trinajstić information content (AvgIpc) is 3.03. The topological polar surface area (TPSA) is 67.8 Å². The van der Waals surface area contributed by atoms with Crippen molar-refractivity contribution in [2.75, 3.05) is 26.8 Å². The molecule has 0 radical (unpaired) electrons. The second-order valence-electron chi connectivity index (χ2n) is 5.57. The van der Waals surface area contributed by atoms with Gasteiger partial charge in [-0.25, -0.2) is 4.98 Å². The quantitative estimate of drug-likeness (QED) is 0.368. The maximum atomic E-state index is 6.27. The number of fused-ring (bicyclic) bond motifs is 1. The fourth-order valence-electron chi connectivity index (χ4n) is 2.48. The Kier molecular flexibility index (Phi) is 8.23. The molecule has 2 aromatic rings. The number of nitrogens with zero attached hydrogens (tertiary/aromatic N) is 2. The average molecular weight is 509 g/mol. The largest absolute Gasteiger partial charge is 0.486 e. The lowest BCUT2D eigenvalue weighted by atomic mass is 10.2. The molecule has 2 N–H and O–H groups in total. The number of aliphatic imine (C=N–C) groups is 1. The molecule has 142 valence electrons. The fraction of sp³-hybridized carbons (Fsp3) is 0.412. The van der Waals surface area contributed by atoms with Crippen LogP contribution in [0.15, 0.2) is 23.3 Å². The smallest absolute Gasteiger partial charge is 0.191 e. The Bertz CT molecular complexity index is 769. The predicted octanol–water partition coefficient (Wildman–Crippen LogP) is 3.40. The number of thiazole rings is 1. The van der Waals surface area contributed by atoms with Gasteiger partial charge in [0.1, 0.15) is 13.2 Å². The summed E-state index contributed by atoms with van der Waals surface area (Å²) in [5.41, 5.74) is 1.01. The van der Waals surface area contributed by atoms with Gasteiger partial charge in [-0.3, -0.25) is 4.99 Å². The summed E-state index contributed by atoms with van der Waals surface area (Å²) in [6.45, 7) is 4.49. The van der Waals surface area contributed by atoms with E-state index >= 15 is 0 Å². The summed E-state index contributed by atoms with van der Waals surface area (Å²) in [5.74, 6) is 2.05. The van der Waals surface area contributed by atoms with E-state index in [9.17, 15) is 0 Å². The van der Waals surface area contributed by atoms with Crippen LogP contribution in [0.3, 0.4) is 0 Å². The first-order valence-corrected chi connectivity index (χ1v) is 9.29. The molecule has 1 aromatic heterocycles. The number of rotatable bonds is 5. The van der Waals surface area contributed by atoms with Crippen molar-refractivity contribution in [1.82, 2.24) is 15.6 Å². The summed E-state index contributed by atoms with van der Waals surface area (Å²) in [6.07, 6.45) is 2.77. The maximum Gasteiger partial charge on any atom is 0.191 e. The monoisotopic (exact) mass is 508 g/mol. The van der Waals surface area contributed by atoms with Crippen LogP contribution in [-0.2, 0) is 13.0 Å². The van der Waals surface area contributed by atoms with Gasteiger partial charge in [0.25, 0.3) is 0 Å². The molecule has 0 amide bonds. The summed E-state index contributed by atoms with van der Waals surface area (Å²) in [7, 11) is 1.75. The molecule has 6 nitrogen and oxygen atoms in total. The lowest BCUT2D eigenvalue weighted by molar-refractivity contribution is 0.171. The molecular formula is C17H22ClIN4O2S. The minimum Gasteiger partial charge on any atom is -0.486 e. The van der Waals surface area contributed by atoms with Crippen molar-refractivity contribution in [3.8, 4) is 11.5 Å². The second-order valence-corrected chi connectivity index (χ2v) is 7.30. The van der Waals surface area contributed by atoms with E-state index in [2.05, 4.69) is 27.5 Å². The van der Waals surface area contributed by atoms with E-state index < -0.39 is 0 Å². The molecule has 0 unspecified atom stereocenters. The third kappa shape index (κ3) is 5.62. The number of aromatic nitrogens is 1. The van der Waals surface area contributed by atoms with Crippen molar-refractivity contribution in [3.05, 3.63) is 38.8 Å². The van der Waals surface area contributed by atoms with E-state index in [4.69, 9.17) is 21.1 Å². The molecule has 0 fully saturated rings. The van der Waals surface area contributed by atoms with Crippen LogP contribution in [0, 0.1) is 6.92 Å². The van der Waals surface area contributed by atoms with Gasteiger partial charge in [-0.2, -0.15) is 0 Å². The van der Waals surface area contributed by atoms with Gasteiger partial charge in [0.2, 0.25) is 0 Å². The highest BCUT2D eigenvalue weighted by molar-refractivity contribution is 14.0. The van der Waals surface area contributed by atoms with E-state index in [1.807, 2.05) is 18.3 Å². The molecule has 2 heterocycles. The number of benzene rings is 1. The van der Waals surface area contributed by atoms with Crippen molar-refractivity contribution in [2.24, 2.45) is 4.99 Å². The van der Waals surface area contributed by atoms with Crippen molar-refractivity contribution in [1.29, 1.82) is 0 Å². The van der Waals surface area contributed by atoms with Crippen LogP contribution >= 0.6 is 46.9 Å². The minimum atomic E-state index is 0. The molecule has 0 bridgehead atoms. The van der Waals surface area contributed by atoms with Crippen LogP contribution in [-0.4, -0.2) is 37.7 Å². The van der Waals surface area contributed by atoms with Crippen molar-refractivity contribution >= 4 is 52.9 Å². The molecule has 1 aliphatic heterocycles. The van der Waals surface area contributed by atoms with E-state index in [-0.39, 0.29) is 24.0 Å². The highest BCUT2D eigenvalue weighted by Gasteiger charge is 2.16. The molecule has 0 saturated carbocycles. The molecule has 0 saturated heterocycles. The molecule has 26 heavy (non-hydrogen) atoms. The zero-order valence-corrected chi connectivity index (χ0v) is 18.6. The van der Waals surface area contributed by atoms with Gasteiger partial charge < -0.3 is 20.1 Å². The number of aryl methyl sites for hydroxylation is 1. The Morgan fingerprint density at radius 1 is 1.31 bits per heavy atom. The van der Waals surface area contributed by atoms with Gasteiger partial charge in [0, 0.05) is 37.6 Å². The fourth-order valence-corrected chi connectivity index (χ4v) is 3.55. The SMILES string of the molecule is CN=C(NCCc1ncc(C)s1)NCc1cc(Cl)c2c(c1)OCCO2.I. The lowest BCUT2D eigenvalue weighted by Crippen LogP contribution is -2.37. The molecule has 1 aromatic carbocycles. The number of hydrogen-bond acceptors (Lipinski definition) is 5. The Hall–Kier alpha value is -1.26. The zero-order valence-electron chi connectivity index (χ0n) is 14.7. The van der Waals surface area contributed by atoms with Crippen molar-refractivity contribution in [2.45, 2.75) is 19.9 Å². The molecule has 0 aliphatic carbocycles. The Balaban J connectivity index is 0.00000243. The third-order valence-corrected chi connectivity index (χ3v) is 4.89. The van der Waals surface area contributed by atoms with Crippen LogP contribution in [0.25, 0.3) is 0 Å².